The van der Waals surface area contributed by atoms with Crippen LogP contribution in [-0.2, 0) is 18.0 Å². The number of rotatable bonds is 5. The molecule has 2 aromatic carbocycles. The van der Waals surface area contributed by atoms with Crippen molar-refractivity contribution in [2.45, 2.75) is 26.2 Å². The predicted octanol–water partition coefficient (Wildman–Crippen LogP) is 2.67. The monoisotopic (exact) mass is 284 g/mol. The molecule has 4 nitrogen and oxygen atoms in total. The Bertz CT molecular complexity index is 628. The number of nitrogens with one attached hydrogen (secondary N) is 1. The molecule has 1 heterocycles. The fourth-order valence-corrected chi connectivity index (χ4v) is 2.74. The smallest absolute Gasteiger partial charge is 0.124 e. The van der Waals surface area contributed by atoms with Gasteiger partial charge >= 0.3 is 0 Å². The van der Waals surface area contributed by atoms with Crippen molar-refractivity contribution < 1.29 is 9.47 Å². The third-order valence-electron chi connectivity index (χ3n) is 3.78. The Morgan fingerprint density at radius 3 is 2.81 bits per heavy atom. The van der Waals surface area contributed by atoms with E-state index in [2.05, 4.69) is 23.6 Å². The molecule has 1 unspecified atom stereocenters. The number of benzene rings is 2. The summed E-state index contributed by atoms with van der Waals surface area (Å²) in [6.45, 7) is 3.99. The van der Waals surface area contributed by atoms with Gasteiger partial charge in [-0.15, -0.1) is 0 Å². The Kier molecular flexibility index (Phi) is 4.20. The molecule has 3 N–H and O–H groups in total. The molecule has 1 atom stereocenters. The first-order valence-electron chi connectivity index (χ1n) is 7.20. The van der Waals surface area contributed by atoms with Crippen LogP contribution in [0.3, 0.4) is 0 Å². The first-order chi connectivity index (χ1) is 10.3. The van der Waals surface area contributed by atoms with E-state index in [0.29, 0.717) is 19.8 Å². The third-order valence-corrected chi connectivity index (χ3v) is 3.78. The molecule has 0 bridgehead atoms. The maximum Gasteiger partial charge on any atom is 0.124 e. The van der Waals surface area contributed by atoms with E-state index in [4.69, 9.17) is 15.3 Å². The Morgan fingerprint density at radius 2 is 2.00 bits per heavy atom. The minimum atomic E-state index is -0.0985. The molecule has 0 aromatic heterocycles. The lowest BCUT2D eigenvalue weighted by molar-refractivity contribution is 0.134. The van der Waals surface area contributed by atoms with Crippen LogP contribution < -0.4 is 16.0 Å². The quantitative estimate of drug-likeness (QED) is 0.654. The zero-order chi connectivity index (χ0) is 14.7. The SMILES string of the molecule is CCOc1ccccc1C(NN)c1ccc2c(c1)COC2. The van der Waals surface area contributed by atoms with Gasteiger partial charge in [-0.25, -0.2) is 5.43 Å². The molecular weight excluding hydrogens is 264 g/mol. The minimum absolute atomic E-state index is 0.0985. The molecule has 0 saturated heterocycles. The molecule has 2 aromatic rings. The van der Waals surface area contributed by atoms with Crippen LogP contribution in [0.25, 0.3) is 0 Å². The number of hydrogen-bond donors (Lipinski definition) is 2. The van der Waals surface area contributed by atoms with Crippen molar-refractivity contribution in [2.24, 2.45) is 5.84 Å². The van der Waals surface area contributed by atoms with Gasteiger partial charge in [0.05, 0.1) is 25.9 Å². The number of fused-ring (bicyclic) bond motifs is 1. The van der Waals surface area contributed by atoms with Crippen LogP contribution in [-0.4, -0.2) is 6.61 Å². The molecule has 0 saturated carbocycles. The van der Waals surface area contributed by atoms with Crippen LogP contribution in [0.15, 0.2) is 42.5 Å². The van der Waals surface area contributed by atoms with E-state index in [-0.39, 0.29) is 6.04 Å². The van der Waals surface area contributed by atoms with Gasteiger partial charge in [-0.2, -0.15) is 0 Å². The fraction of sp³-hybridized carbons (Fsp3) is 0.294. The summed E-state index contributed by atoms with van der Waals surface area (Å²) in [7, 11) is 0. The second-order valence-corrected chi connectivity index (χ2v) is 5.09. The molecule has 0 aliphatic carbocycles. The second kappa shape index (κ2) is 6.26. The molecule has 21 heavy (non-hydrogen) atoms. The summed E-state index contributed by atoms with van der Waals surface area (Å²) in [5.41, 5.74) is 7.56. The Balaban J connectivity index is 1.98. The summed E-state index contributed by atoms with van der Waals surface area (Å²) in [5, 5.41) is 0. The molecule has 1 aliphatic rings. The van der Waals surface area contributed by atoms with Crippen molar-refractivity contribution in [1.82, 2.24) is 5.43 Å². The fourth-order valence-electron chi connectivity index (χ4n) is 2.74. The average Bonchev–Trinajstić information content (AvgIpc) is 2.98. The lowest BCUT2D eigenvalue weighted by Gasteiger charge is -2.20. The first-order valence-corrected chi connectivity index (χ1v) is 7.20. The number of hydrazine groups is 1. The van der Waals surface area contributed by atoms with Crippen LogP contribution in [0.1, 0.15) is 35.2 Å². The summed E-state index contributed by atoms with van der Waals surface area (Å²) in [6.07, 6.45) is 0. The molecular formula is C17H20N2O2. The molecule has 0 amide bonds. The Hall–Kier alpha value is -1.88. The highest BCUT2D eigenvalue weighted by Crippen LogP contribution is 2.31. The zero-order valence-electron chi connectivity index (χ0n) is 12.1. The molecule has 0 fully saturated rings. The highest BCUT2D eigenvalue weighted by Gasteiger charge is 2.19. The standard InChI is InChI=1S/C17H20N2O2/c1-2-21-16-6-4-3-5-15(16)17(19-18)12-7-8-13-10-20-11-14(13)9-12/h3-9,17,19H,2,10-11,18H2,1H3. The van der Waals surface area contributed by atoms with Gasteiger partial charge in [-0.1, -0.05) is 36.4 Å². The van der Waals surface area contributed by atoms with E-state index in [1.807, 2.05) is 31.2 Å². The molecule has 110 valence electrons. The largest absolute Gasteiger partial charge is 0.494 e. The van der Waals surface area contributed by atoms with Crippen molar-refractivity contribution >= 4 is 0 Å². The van der Waals surface area contributed by atoms with Gasteiger partial charge in [0.25, 0.3) is 0 Å². The number of ether oxygens (including phenoxy) is 2. The molecule has 0 radical (unpaired) electrons. The van der Waals surface area contributed by atoms with Gasteiger partial charge in [-0.3, -0.25) is 5.84 Å². The van der Waals surface area contributed by atoms with E-state index in [0.717, 1.165) is 16.9 Å². The first kappa shape index (κ1) is 14.1. The number of hydrogen-bond acceptors (Lipinski definition) is 4. The van der Waals surface area contributed by atoms with Crippen LogP contribution in [0.2, 0.25) is 0 Å². The van der Waals surface area contributed by atoms with Crippen LogP contribution in [0.5, 0.6) is 5.75 Å². The summed E-state index contributed by atoms with van der Waals surface area (Å²) in [4.78, 5) is 0. The summed E-state index contributed by atoms with van der Waals surface area (Å²) < 4.78 is 11.2. The summed E-state index contributed by atoms with van der Waals surface area (Å²) >= 11 is 0. The highest BCUT2D eigenvalue weighted by atomic mass is 16.5. The maximum atomic E-state index is 5.81. The topological polar surface area (TPSA) is 56.5 Å². The molecule has 0 spiro atoms. The van der Waals surface area contributed by atoms with Crippen LogP contribution in [0.4, 0.5) is 0 Å². The predicted molar refractivity (Wildman–Crippen MR) is 81.7 cm³/mol. The molecule has 1 aliphatic heterocycles. The van der Waals surface area contributed by atoms with Gasteiger partial charge < -0.3 is 9.47 Å². The number of nitrogens with two attached hydrogens (primary N) is 1. The Morgan fingerprint density at radius 1 is 1.19 bits per heavy atom. The van der Waals surface area contributed by atoms with Gasteiger partial charge in [0, 0.05) is 5.56 Å². The van der Waals surface area contributed by atoms with Crippen molar-refractivity contribution in [1.29, 1.82) is 0 Å². The summed E-state index contributed by atoms with van der Waals surface area (Å²) in [5.74, 6) is 6.67. The molecule has 4 heteroatoms. The van der Waals surface area contributed by atoms with Crippen molar-refractivity contribution in [3.05, 3.63) is 64.7 Å². The van der Waals surface area contributed by atoms with E-state index >= 15 is 0 Å². The van der Waals surface area contributed by atoms with Gasteiger partial charge in [0.15, 0.2) is 0 Å². The number of para-hydroxylation sites is 1. The van der Waals surface area contributed by atoms with Crippen molar-refractivity contribution in [3.8, 4) is 5.75 Å². The maximum absolute atomic E-state index is 5.81. The minimum Gasteiger partial charge on any atom is -0.494 e. The lowest BCUT2D eigenvalue weighted by atomic mass is 9.95. The summed E-state index contributed by atoms with van der Waals surface area (Å²) in [6, 6.07) is 14.3. The van der Waals surface area contributed by atoms with E-state index in [1.54, 1.807) is 0 Å². The van der Waals surface area contributed by atoms with Crippen LogP contribution >= 0.6 is 0 Å². The lowest BCUT2D eigenvalue weighted by Crippen LogP contribution is -2.29. The van der Waals surface area contributed by atoms with Gasteiger partial charge in [0.1, 0.15) is 5.75 Å². The van der Waals surface area contributed by atoms with Gasteiger partial charge in [-0.05, 0) is 29.7 Å². The van der Waals surface area contributed by atoms with Crippen molar-refractivity contribution in [3.63, 3.8) is 0 Å². The second-order valence-electron chi connectivity index (χ2n) is 5.09. The van der Waals surface area contributed by atoms with E-state index in [1.165, 1.54) is 11.1 Å². The molecule has 3 rings (SSSR count). The normalized spacial score (nSPS) is 14.8. The van der Waals surface area contributed by atoms with E-state index < -0.39 is 0 Å². The third kappa shape index (κ3) is 2.78. The van der Waals surface area contributed by atoms with Gasteiger partial charge in [0.2, 0.25) is 0 Å². The van der Waals surface area contributed by atoms with E-state index in [9.17, 15) is 0 Å². The van der Waals surface area contributed by atoms with Crippen LogP contribution in [0, 0.1) is 0 Å². The highest BCUT2D eigenvalue weighted by molar-refractivity contribution is 5.44. The Labute approximate surface area is 124 Å². The zero-order valence-corrected chi connectivity index (χ0v) is 12.1. The average molecular weight is 284 g/mol. The van der Waals surface area contributed by atoms with Crippen molar-refractivity contribution in [2.75, 3.05) is 6.61 Å².